The van der Waals surface area contributed by atoms with Crippen molar-refractivity contribution in [1.82, 2.24) is 5.32 Å². The average molecular weight is 231 g/mol. The lowest BCUT2D eigenvalue weighted by atomic mass is 10.1. The molecule has 3 atom stereocenters. The van der Waals surface area contributed by atoms with E-state index in [1.54, 1.807) is 11.8 Å². The van der Waals surface area contributed by atoms with Crippen LogP contribution in [0.15, 0.2) is 0 Å². The number of carbonyl (C=O) groups is 1. The van der Waals surface area contributed by atoms with Gasteiger partial charge in [-0.3, -0.25) is 4.79 Å². The standard InChI is InChI=1S/C11H21NO2S/c1-7(9-4-5-9)11(14)12-8(2)10(6-13)15-3/h7-10,13H,4-6H2,1-3H3,(H,12,14). The normalized spacial score (nSPS) is 21.9. The fourth-order valence-electron chi connectivity index (χ4n) is 1.70. The molecule has 1 saturated carbocycles. The largest absolute Gasteiger partial charge is 0.395 e. The molecular formula is C11H21NO2S. The highest BCUT2D eigenvalue weighted by Crippen LogP contribution is 2.36. The average Bonchev–Trinajstić information content (AvgIpc) is 3.01. The van der Waals surface area contributed by atoms with Crippen LogP contribution in [0.4, 0.5) is 0 Å². The minimum atomic E-state index is 0.0405. The maximum atomic E-state index is 11.8. The summed E-state index contributed by atoms with van der Waals surface area (Å²) in [6.07, 6.45) is 4.33. The van der Waals surface area contributed by atoms with E-state index in [1.165, 1.54) is 12.8 Å². The van der Waals surface area contributed by atoms with Crippen molar-refractivity contribution >= 4 is 17.7 Å². The number of aliphatic hydroxyl groups is 1. The second-order valence-corrected chi connectivity index (χ2v) is 5.46. The summed E-state index contributed by atoms with van der Waals surface area (Å²) in [5.41, 5.74) is 0. The molecule has 0 bridgehead atoms. The molecule has 0 heterocycles. The Morgan fingerprint density at radius 2 is 2.13 bits per heavy atom. The van der Waals surface area contributed by atoms with Gasteiger partial charge in [0.2, 0.25) is 5.91 Å². The molecule has 0 saturated heterocycles. The Labute approximate surface area is 96.0 Å². The molecule has 15 heavy (non-hydrogen) atoms. The Balaban J connectivity index is 2.35. The maximum Gasteiger partial charge on any atom is 0.223 e. The molecule has 88 valence electrons. The van der Waals surface area contributed by atoms with Gasteiger partial charge in [0.25, 0.3) is 0 Å². The molecule has 0 aromatic heterocycles. The van der Waals surface area contributed by atoms with Crippen molar-refractivity contribution in [3.63, 3.8) is 0 Å². The number of aliphatic hydroxyl groups excluding tert-OH is 1. The first-order chi connectivity index (χ1) is 7.10. The summed E-state index contributed by atoms with van der Waals surface area (Å²) in [5, 5.41) is 12.2. The first-order valence-electron chi connectivity index (χ1n) is 5.54. The van der Waals surface area contributed by atoms with Gasteiger partial charge in [-0.25, -0.2) is 0 Å². The predicted octanol–water partition coefficient (Wildman–Crippen LogP) is 1.26. The summed E-state index contributed by atoms with van der Waals surface area (Å²) in [6.45, 7) is 4.06. The fraction of sp³-hybridized carbons (Fsp3) is 0.909. The van der Waals surface area contributed by atoms with Crippen molar-refractivity contribution in [1.29, 1.82) is 0 Å². The minimum absolute atomic E-state index is 0.0405. The lowest BCUT2D eigenvalue weighted by Crippen LogP contribution is -2.43. The van der Waals surface area contributed by atoms with Gasteiger partial charge in [0.15, 0.2) is 0 Å². The van der Waals surface area contributed by atoms with E-state index < -0.39 is 0 Å². The summed E-state index contributed by atoms with van der Waals surface area (Å²) in [6, 6.07) is 0.0405. The van der Waals surface area contributed by atoms with Gasteiger partial charge in [-0.15, -0.1) is 0 Å². The van der Waals surface area contributed by atoms with Crippen molar-refractivity contribution in [2.75, 3.05) is 12.9 Å². The molecule has 0 spiro atoms. The molecule has 0 radical (unpaired) electrons. The van der Waals surface area contributed by atoms with Crippen LogP contribution in [-0.4, -0.2) is 35.2 Å². The number of hydrogen-bond acceptors (Lipinski definition) is 3. The quantitative estimate of drug-likeness (QED) is 0.723. The molecule has 1 amide bonds. The van der Waals surface area contributed by atoms with Gasteiger partial charge < -0.3 is 10.4 Å². The maximum absolute atomic E-state index is 11.8. The van der Waals surface area contributed by atoms with Crippen LogP contribution in [0.5, 0.6) is 0 Å². The van der Waals surface area contributed by atoms with Gasteiger partial charge in [-0.1, -0.05) is 6.92 Å². The van der Waals surface area contributed by atoms with E-state index in [0.29, 0.717) is 5.92 Å². The zero-order valence-corrected chi connectivity index (χ0v) is 10.5. The van der Waals surface area contributed by atoms with E-state index in [0.717, 1.165) is 0 Å². The first-order valence-corrected chi connectivity index (χ1v) is 6.83. The van der Waals surface area contributed by atoms with E-state index in [2.05, 4.69) is 5.32 Å². The van der Waals surface area contributed by atoms with Gasteiger partial charge in [-0.2, -0.15) is 11.8 Å². The van der Waals surface area contributed by atoms with Gasteiger partial charge >= 0.3 is 0 Å². The smallest absolute Gasteiger partial charge is 0.223 e. The van der Waals surface area contributed by atoms with Crippen molar-refractivity contribution in [3.8, 4) is 0 Å². The molecule has 1 aliphatic rings. The third kappa shape index (κ3) is 3.68. The lowest BCUT2D eigenvalue weighted by Gasteiger charge is -2.23. The van der Waals surface area contributed by atoms with Crippen LogP contribution in [0.1, 0.15) is 26.7 Å². The van der Waals surface area contributed by atoms with Gasteiger partial charge in [0, 0.05) is 17.2 Å². The number of thioether (sulfide) groups is 1. The fourth-order valence-corrected chi connectivity index (χ4v) is 2.32. The Morgan fingerprint density at radius 3 is 2.53 bits per heavy atom. The molecule has 2 N–H and O–H groups in total. The molecule has 1 fully saturated rings. The number of rotatable bonds is 6. The Bertz CT molecular complexity index is 215. The molecule has 0 aromatic carbocycles. The highest BCUT2D eigenvalue weighted by Gasteiger charge is 2.33. The SMILES string of the molecule is CSC(CO)C(C)NC(=O)C(C)C1CC1. The molecule has 0 aromatic rings. The Kier molecular flexibility index (Phi) is 4.93. The highest BCUT2D eigenvalue weighted by molar-refractivity contribution is 7.99. The molecule has 1 aliphatic carbocycles. The van der Waals surface area contributed by atoms with E-state index in [4.69, 9.17) is 5.11 Å². The van der Waals surface area contributed by atoms with E-state index in [9.17, 15) is 4.79 Å². The van der Waals surface area contributed by atoms with Crippen LogP contribution in [0, 0.1) is 11.8 Å². The van der Waals surface area contributed by atoms with Crippen LogP contribution in [-0.2, 0) is 4.79 Å². The lowest BCUT2D eigenvalue weighted by molar-refractivity contribution is -0.125. The van der Waals surface area contributed by atoms with Gasteiger partial charge in [0.1, 0.15) is 0 Å². The molecule has 3 nitrogen and oxygen atoms in total. The third-order valence-corrected chi connectivity index (χ3v) is 4.32. The molecule has 0 aliphatic heterocycles. The van der Waals surface area contributed by atoms with Crippen molar-refractivity contribution in [3.05, 3.63) is 0 Å². The first kappa shape index (κ1) is 12.8. The zero-order valence-electron chi connectivity index (χ0n) is 9.69. The van der Waals surface area contributed by atoms with E-state index >= 15 is 0 Å². The monoisotopic (exact) mass is 231 g/mol. The van der Waals surface area contributed by atoms with Crippen LogP contribution < -0.4 is 5.32 Å². The van der Waals surface area contributed by atoms with E-state index in [1.807, 2.05) is 20.1 Å². The van der Waals surface area contributed by atoms with Crippen LogP contribution in [0.3, 0.4) is 0 Å². The van der Waals surface area contributed by atoms with Crippen LogP contribution in [0.2, 0.25) is 0 Å². The topological polar surface area (TPSA) is 49.3 Å². The van der Waals surface area contributed by atoms with E-state index in [-0.39, 0.29) is 29.7 Å². The third-order valence-electron chi connectivity index (χ3n) is 3.15. The Hall–Kier alpha value is -0.220. The van der Waals surface area contributed by atoms with Crippen molar-refractivity contribution < 1.29 is 9.90 Å². The zero-order chi connectivity index (χ0) is 11.4. The molecule has 4 heteroatoms. The minimum Gasteiger partial charge on any atom is -0.395 e. The number of carbonyl (C=O) groups excluding carboxylic acids is 1. The van der Waals surface area contributed by atoms with Crippen molar-refractivity contribution in [2.24, 2.45) is 11.8 Å². The molecular weight excluding hydrogens is 210 g/mol. The second-order valence-electron chi connectivity index (χ2n) is 4.38. The second kappa shape index (κ2) is 5.75. The number of nitrogens with one attached hydrogen (secondary N) is 1. The summed E-state index contributed by atoms with van der Waals surface area (Å²) in [5.74, 6) is 0.866. The summed E-state index contributed by atoms with van der Waals surface area (Å²) in [7, 11) is 0. The molecule has 3 unspecified atom stereocenters. The predicted molar refractivity (Wildman–Crippen MR) is 63.9 cm³/mol. The van der Waals surface area contributed by atoms with Gasteiger partial charge in [0.05, 0.1) is 6.61 Å². The summed E-state index contributed by atoms with van der Waals surface area (Å²) < 4.78 is 0. The Morgan fingerprint density at radius 1 is 1.53 bits per heavy atom. The molecule has 1 rings (SSSR count). The summed E-state index contributed by atoms with van der Waals surface area (Å²) >= 11 is 1.59. The summed E-state index contributed by atoms with van der Waals surface area (Å²) in [4.78, 5) is 11.8. The number of amides is 1. The van der Waals surface area contributed by atoms with Crippen LogP contribution in [0.25, 0.3) is 0 Å². The number of hydrogen-bond donors (Lipinski definition) is 2. The van der Waals surface area contributed by atoms with Crippen LogP contribution >= 0.6 is 11.8 Å². The van der Waals surface area contributed by atoms with Crippen molar-refractivity contribution in [2.45, 2.75) is 38.0 Å². The highest BCUT2D eigenvalue weighted by atomic mass is 32.2. The van der Waals surface area contributed by atoms with Gasteiger partial charge in [-0.05, 0) is 31.9 Å².